The standard InChI is InChI=1S/C24H16NO2P/c26-28(17-9-2-1-3-10-17)23-16-7-4-11-18(23)19-12-8-15-22-24(19)25(28)20-13-5-6-14-21(20)27-22/h1-16H. The van der Waals surface area contributed by atoms with Gasteiger partial charge in [-0.15, -0.1) is 0 Å². The third-order valence-corrected chi connectivity index (χ3v) is 8.45. The van der Waals surface area contributed by atoms with Crippen molar-refractivity contribution in [3.8, 4) is 22.6 Å². The summed E-state index contributed by atoms with van der Waals surface area (Å²) in [5.41, 5.74) is 3.77. The fraction of sp³-hybridized carbons (Fsp3) is 0. The largest absolute Gasteiger partial charge is 0.453 e. The lowest BCUT2D eigenvalue weighted by atomic mass is 10.0. The molecule has 1 unspecified atom stereocenters. The van der Waals surface area contributed by atoms with Crippen molar-refractivity contribution < 1.29 is 9.30 Å². The number of hydrogen-bond acceptors (Lipinski definition) is 2. The summed E-state index contributed by atoms with van der Waals surface area (Å²) in [6.07, 6.45) is 0. The number of para-hydroxylation sites is 3. The van der Waals surface area contributed by atoms with Crippen LogP contribution in [0.3, 0.4) is 0 Å². The van der Waals surface area contributed by atoms with E-state index in [4.69, 9.17) is 4.74 Å². The van der Waals surface area contributed by atoms with Crippen LogP contribution in [0.15, 0.2) is 97.1 Å². The maximum atomic E-state index is 15.0. The number of hydrogen-bond donors (Lipinski definition) is 0. The summed E-state index contributed by atoms with van der Waals surface area (Å²) in [5.74, 6) is 1.46. The second kappa shape index (κ2) is 5.60. The molecule has 0 spiro atoms. The quantitative estimate of drug-likeness (QED) is 0.388. The summed E-state index contributed by atoms with van der Waals surface area (Å²) in [7, 11) is -3.15. The zero-order valence-electron chi connectivity index (χ0n) is 14.9. The average Bonchev–Trinajstić information content (AvgIpc) is 2.77. The second-order valence-electron chi connectivity index (χ2n) is 6.96. The van der Waals surface area contributed by atoms with Gasteiger partial charge in [-0.1, -0.05) is 60.7 Å². The van der Waals surface area contributed by atoms with Gasteiger partial charge >= 0.3 is 0 Å². The van der Waals surface area contributed by atoms with Gasteiger partial charge in [-0.05, 0) is 42.0 Å². The number of fused-ring (bicyclic) bond motifs is 4. The van der Waals surface area contributed by atoms with Gasteiger partial charge in [0.05, 0.1) is 11.4 Å². The highest BCUT2D eigenvalue weighted by Gasteiger charge is 2.46. The molecule has 4 heteroatoms. The van der Waals surface area contributed by atoms with Crippen molar-refractivity contribution in [1.29, 1.82) is 0 Å². The molecule has 0 aromatic heterocycles. The molecule has 4 aromatic carbocycles. The van der Waals surface area contributed by atoms with E-state index in [0.29, 0.717) is 0 Å². The summed E-state index contributed by atoms with van der Waals surface area (Å²) in [5, 5.41) is 1.68. The molecule has 0 fully saturated rings. The minimum atomic E-state index is -3.15. The van der Waals surface area contributed by atoms with E-state index in [9.17, 15) is 0 Å². The maximum absolute atomic E-state index is 15.0. The van der Waals surface area contributed by atoms with E-state index < -0.39 is 7.29 Å². The van der Waals surface area contributed by atoms with Crippen molar-refractivity contribution in [2.45, 2.75) is 0 Å². The Morgan fingerprint density at radius 2 is 1.32 bits per heavy atom. The molecule has 0 aliphatic carbocycles. The van der Waals surface area contributed by atoms with E-state index in [2.05, 4.69) is 12.1 Å². The fourth-order valence-corrected chi connectivity index (χ4v) is 7.32. The van der Waals surface area contributed by atoms with Crippen molar-refractivity contribution in [2.24, 2.45) is 0 Å². The molecule has 0 amide bonds. The van der Waals surface area contributed by atoms with Gasteiger partial charge < -0.3 is 4.74 Å². The Labute approximate surface area is 163 Å². The molecule has 1 atom stereocenters. The molecule has 0 N–H and O–H groups in total. The molecule has 0 bridgehead atoms. The van der Waals surface area contributed by atoms with Gasteiger partial charge in [0, 0.05) is 16.2 Å². The molecule has 28 heavy (non-hydrogen) atoms. The SMILES string of the molecule is O=P1(c2ccccc2)c2ccccc2-c2cccc3c2N1c1ccccc1O3. The predicted octanol–water partition coefficient (Wildman–Crippen LogP) is 5.84. The van der Waals surface area contributed by atoms with Crippen molar-refractivity contribution in [3.63, 3.8) is 0 Å². The van der Waals surface area contributed by atoms with Gasteiger partial charge in [0.15, 0.2) is 11.5 Å². The number of rotatable bonds is 1. The van der Waals surface area contributed by atoms with Gasteiger partial charge in [0.1, 0.15) is 0 Å². The van der Waals surface area contributed by atoms with Crippen LogP contribution in [0.4, 0.5) is 11.4 Å². The first-order valence-electron chi connectivity index (χ1n) is 9.24. The fourth-order valence-electron chi connectivity index (χ4n) is 4.25. The predicted molar refractivity (Wildman–Crippen MR) is 114 cm³/mol. The van der Waals surface area contributed by atoms with Crippen LogP contribution in [-0.2, 0) is 4.57 Å². The third kappa shape index (κ3) is 1.92. The molecule has 3 nitrogen and oxygen atoms in total. The normalized spacial score (nSPS) is 18.5. The first-order chi connectivity index (χ1) is 13.8. The molecule has 0 radical (unpaired) electrons. The van der Waals surface area contributed by atoms with Gasteiger partial charge in [-0.2, -0.15) is 0 Å². The Bertz CT molecular complexity index is 1280. The van der Waals surface area contributed by atoms with Gasteiger partial charge in [-0.3, -0.25) is 9.24 Å². The molecule has 2 aliphatic heterocycles. The minimum absolute atomic E-state index is 0.725. The zero-order chi connectivity index (χ0) is 18.7. The van der Waals surface area contributed by atoms with Crippen molar-refractivity contribution in [3.05, 3.63) is 97.1 Å². The Morgan fingerprint density at radius 1 is 0.643 bits per heavy atom. The summed E-state index contributed by atoms with van der Waals surface area (Å²) >= 11 is 0. The number of anilines is 2. The van der Waals surface area contributed by atoms with E-state index in [0.717, 1.165) is 44.6 Å². The highest BCUT2D eigenvalue weighted by molar-refractivity contribution is 7.80. The highest BCUT2D eigenvalue weighted by Crippen LogP contribution is 2.66. The zero-order valence-corrected chi connectivity index (χ0v) is 15.8. The minimum Gasteiger partial charge on any atom is -0.453 e. The average molecular weight is 381 g/mol. The van der Waals surface area contributed by atoms with E-state index >= 15 is 4.57 Å². The van der Waals surface area contributed by atoms with Crippen LogP contribution >= 0.6 is 7.29 Å². The van der Waals surface area contributed by atoms with E-state index in [-0.39, 0.29) is 0 Å². The van der Waals surface area contributed by atoms with Crippen molar-refractivity contribution in [1.82, 2.24) is 0 Å². The van der Waals surface area contributed by atoms with Crippen LogP contribution in [0.25, 0.3) is 11.1 Å². The molecule has 2 heterocycles. The van der Waals surface area contributed by atoms with Gasteiger partial charge in [-0.25, -0.2) is 0 Å². The monoisotopic (exact) mass is 381 g/mol. The molecule has 2 aliphatic rings. The van der Waals surface area contributed by atoms with Crippen LogP contribution < -0.4 is 20.0 Å². The molecule has 6 rings (SSSR count). The first-order valence-corrected chi connectivity index (χ1v) is 10.9. The summed E-state index contributed by atoms with van der Waals surface area (Å²) in [6, 6.07) is 31.6. The second-order valence-corrected chi connectivity index (χ2v) is 9.51. The highest BCUT2D eigenvalue weighted by atomic mass is 31.2. The molecule has 0 saturated heterocycles. The van der Waals surface area contributed by atoms with Crippen molar-refractivity contribution >= 4 is 29.3 Å². The third-order valence-electron chi connectivity index (χ3n) is 5.43. The molecule has 4 aromatic rings. The summed E-state index contributed by atoms with van der Waals surface area (Å²) in [4.78, 5) is 0. The Morgan fingerprint density at radius 3 is 2.21 bits per heavy atom. The van der Waals surface area contributed by atoms with Crippen LogP contribution in [0, 0.1) is 0 Å². The number of benzene rings is 4. The molecule has 134 valence electrons. The lowest BCUT2D eigenvalue weighted by Gasteiger charge is -2.43. The number of nitrogens with zero attached hydrogens (tertiary/aromatic N) is 1. The summed E-state index contributed by atoms with van der Waals surface area (Å²) < 4.78 is 23.2. The van der Waals surface area contributed by atoms with Gasteiger partial charge in [0.2, 0.25) is 7.29 Å². The van der Waals surface area contributed by atoms with E-state index in [1.807, 2.05) is 89.6 Å². The van der Waals surface area contributed by atoms with Crippen LogP contribution in [0.2, 0.25) is 0 Å². The summed E-state index contributed by atoms with van der Waals surface area (Å²) in [6.45, 7) is 0. The van der Waals surface area contributed by atoms with Crippen LogP contribution in [0.5, 0.6) is 11.5 Å². The van der Waals surface area contributed by atoms with Gasteiger partial charge in [0.25, 0.3) is 0 Å². The van der Waals surface area contributed by atoms with E-state index in [1.165, 1.54) is 0 Å². The Kier molecular flexibility index (Phi) is 3.15. The first kappa shape index (κ1) is 15.7. The molecular weight excluding hydrogens is 365 g/mol. The van der Waals surface area contributed by atoms with Crippen LogP contribution in [0.1, 0.15) is 0 Å². The van der Waals surface area contributed by atoms with Crippen molar-refractivity contribution in [2.75, 3.05) is 4.67 Å². The molecule has 0 saturated carbocycles. The Balaban J connectivity index is 1.79. The number of ether oxygens (including phenoxy) is 1. The topological polar surface area (TPSA) is 29.5 Å². The Hall–Kier alpha value is -3.29. The lowest BCUT2D eigenvalue weighted by molar-refractivity contribution is 0.477. The van der Waals surface area contributed by atoms with Crippen LogP contribution in [-0.4, -0.2) is 0 Å². The lowest BCUT2D eigenvalue weighted by Crippen LogP contribution is -2.35. The maximum Gasteiger partial charge on any atom is 0.234 e. The smallest absolute Gasteiger partial charge is 0.234 e. The molecular formula is C24H16NO2P. The van der Waals surface area contributed by atoms with E-state index in [1.54, 1.807) is 0 Å².